The van der Waals surface area contributed by atoms with E-state index in [1.165, 1.54) is 0 Å². The number of hydrogen-bond donors (Lipinski definition) is 2. The molecule has 4 heteroatoms. The number of aliphatic hydroxyl groups excluding tert-OH is 1. The van der Waals surface area contributed by atoms with Crippen molar-refractivity contribution in [3.05, 3.63) is 29.3 Å². The molecular weight excluding hydrogens is 242 g/mol. The van der Waals surface area contributed by atoms with Gasteiger partial charge >= 0.3 is 0 Å². The second-order valence-corrected chi connectivity index (χ2v) is 6.15. The van der Waals surface area contributed by atoms with Crippen LogP contribution < -0.4 is 0 Å². The van der Waals surface area contributed by atoms with Crippen molar-refractivity contribution in [3.63, 3.8) is 0 Å². The first-order valence-electron chi connectivity index (χ1n) is 6.56. The Morgan fingerprint density at radius 1 is 1.42 bits per heavy atom. The van der Waals surface area contributed by atoms with E-state index in [0.29, 0.717) is 13.0 Å². The second kappa shape index (κ2) is 4.85. The van der Waals surface area contributed by atoms with E-state index >= 15 is 0 Å². The summed E-state index contributed by atoms with van der Waals surface area (Å²) in [4.78, 5) is 13.7. The lowest BCUT2D eigenvalue weighted by Crippen LogP contribution is -2.46. The number of carbonyl (C=O) groups is 1. The first-order valence-corrected chi connectivity index (χ1v) is 6.56. The van der Waals surface area contributed by atoms with Crippen LogP contribution in [0.5, 0.6) is 5.75 Å². The van der Waals surface area contributed by atoms with Gasteiger partial charge in [0.15, 0.2) is 0 Å². The zero-order chi connectivity index (χ0) is 14.2. The van der Waals surface area contributed by atoms with E-state index in [0.717, 1.165) is 11.1 Å². The summed E-state index contributed by atoms with van der Waals surface area (Å²) in [6, 6.07) is 5.24. The van der Waals surface area contributed by atoms with E-state index in [-0.39, 0.29) is 23.1 Å². The second-order valence-electron chi connectivity index (χ2n) is 6.15. The fraction of sp³-hybridized carbons (Fsp3) is 0.533. The SMILES string of the molecule is CC(C)(C)C1c2ccc(O)cc2CCN1C(=O)CO. The highest BCUT2D eigenvalue weighted by Gasteiger charge is 2.38. The molecule has 104 valence electrons. The van der Waals surface area contributed by atoms with Gasteiger partial charge in [-0.15, -0.1) is 0 Å². The van der Waals surface area contributed by atoms with Crippen molar-refractivity contribution >= 4 is 5.91 Å². The highest BCUT2D eigenvalue weighted by atomic mass is 16.3. The number of phenols is 1. The molecule has 0 fully saturated rings. The van der Waals surface area contributed by atoms with Crippen LogP contribution in [0.3, 0.4) is 0 Å². The molecule has 1 aromatic rings. The molecule has 2 rings (SSSR count). The van der Waals surface area contributed by atoms with Crippen LogP contribution in [0.4, 0.5) is 0 Å². The van der Waals surface area contributed by atoms with Gasteiger partial charge in [-0.1, -0.05) is 26.8 Å². The summed E-state index contributed by atoms with van der Waals surface area (Å²) >= 11 is 0. The number of nitrogens with zero attached hydrogens (tertiary/aromatic N) is 1. The van der Waals surface area contributed by atoms with Crippen LogP contribution in [0.1, 0.15) is 37.9 Å². The molecule has 0 saturated heterocycles. The van der Waals surface area contributed by atoms with E-state index in [2.05, 4.69) is 20.8 Å². The first kappa shape index (κ1) is 13.9. The maximum Gasteiger partial charge on any atom is 0.248 e. The largest absolute Gasteiger partial charge is 0.508 e. The number of amides is 1. The third-order valence-electron chi connectivity index (χ3n) is 3.63. The molecule has 1 aliphatic rings. The topological polar surface area (TPSA) is 60.8 Å². The summed E-state index contributed by atoms with van der Waals surface area (Å²) in [6.07, 6.45) is 0.710. The standard InChI is InChI=1S/C15H21NO3/c1-15(2,3)14-12-5-4-11(18)8-10(12)6-7-16(14)13(19)9-17/h4-5,8,14,17-18H,6-7,9H2,1-3H3. The molecule has 0 bridgehead atoms. The van der Waals surface area contributed by atoms with Crippen molar-refractivity contribution in [1.29, 1.82) is 0 Å². The molecule has 1 atom stereocenters. The molecular formula is C15H21NO3. The number of fused-ring (bicyclic) bond motifs is 1. The molecule has 0 saturated carbocycles. The van der Waals surface area contributed by atoms with Gasteiger partial charge in [-0.05, 0) is 35.1 Å². The fourth-order valence-corrected chi connectivity index (χ4v) is 2.91. The molecule has 2 N–H and O–H groups in total. The normalized spacial score (nSPS) is 19.2. The number of hydrogen-bond acceptors (Lipinski definition) is 3. The maximum absolute atomic E-state index is 11.9. The smallest absolute Gasteiger partial charge is 0.248 e. The minimum absolute atomic E-state index is 0.0727. The van der Waals surface area contributed by atoms with Gasteiger partial charge in [0.05, 0.1) is 6.04 Å². The quantitative estimate of drug-likeness (QED) is 0.813. The lowest BCUT2D eigenvalue weighted by molar-refractivity contribution is -0.139. The summed E-state index contributed by atoms with van der Waals surface area (Å²) < 4.78 is 0. The summed E-state index contributed by atoms with van der Waals surface area (Å²) in [5.41, 5.74) is 2.03. The van der Waals surface area contributed by atoms with Gasteiger partial charge in [-0.25, -0.2) is 0 Å². The van der Waals surface area contributed by atoms with E-state index < -0.39 is 6.61 Å². The number of aromatic hydroxyl groups is 1. The maximum atomic E-state index is 11.9. The summed E-state index contributed by atoms with van der Waals surface area (Å²) in [6.45, 7) is 6.36. The summed E-state index contributed by atoms with van der Waals surface area (Å²) in [5.74, 6) is 0.0204. The minimum atomic E-state index is -0.458. The Bertz CT molecular complexity index is 491. The van der Waals surface area contributed by atoms with Crippen LogP contribution in [0, 0.1) is 5.41 Å². The zero-order valence-corrected chi connectivity index (χ0v) is 11.7. The zero-order valence-electron chi connectivity index (χ0n) is 11.7. The van der Waals surface area contributed by atoms with E-state index in [1.807, 2.05) is 6.07 Å². The highest BCUT2D eigenvalue weighted by Crippen LogP contribution is 2.42. The Balaban J connectivity index is 2.49. The predicted molar refractivity (Wildman–Crippen MR) is 72.8 cm³/mol. The number of benzene rings is 1. The van der Waals surface area contributed by atoms with Crippen LogP contribution in [0.2, 0.25) is 0 Å². The lowest BCUT2D eigenvalue weighted by atomic mass is 9.77. The van der Waals surface area contributed by atoms with Crippen molar-refractivity contribution in [2.24, 2.45) is 5.41 Å². The highest BCUT2D eigenvalue weighted by molar-refractivity contribution is 5.78. The molecule has 0 aromatic heterocycles. The number of phenolic OH excluding ortho intramolecular Hbond substituents is 1. The third-order valence-corrected chi connectivity index (χ3v) is 3.63. The third kappa shape index (κ3) is 2.59. The molecule has 1 amide bonds. The number of rotatable bonds is 1. The van der Waals surface area contributed by atoms with Crippen molar-refractivity contribution in [2.75, 3.05) is 13.2 Å². The van der Waals surface area contributed by atoms with E-state index in [9.17, 15) is 9.90 Å². The molecule has 1 heterocycles. The fourth-order valence-electron chi connectivity index (χ4n) is 2.91. The van der Waals surface area contributed by atoms with Crippen molar-refractivity contribution < 1.29 is 15.0 Å². The molecule has 1 aromatic carbocycles. The van der Waals surface area contributed by atoms with Gasteiger partial charge in [0, 0.05) is 6.54 Å². The Morgan fingerprint density at radius 3 is 2.68 bits per heavy atom. The Morgan fingerprint density at radius 2 is 2.11 bits per heavy atom. The molecule has 0 aliphatic carbocycles. The van der Waals surface area contributed by atoms with Crippen molar-refractivity contribution in [2.45, 2.75) is 33.2 Å². The minimum Gasteiger partial charge on any atom is -0.508 e. The average Bonchev–Trinajstić information content (AvgIpc) is 2.35. The van der Waals surface area contributed by atoms with Gasteiger partial charge in [0.25, 0.3) is 0 Å². The van der Waals surface area contributed by atoms with Crippen LogP contribution in [0.15, 0.2) is 18.2 Å². The average molecular weight is 263 g/mol. The Hall–Kier alpha value is -1.55. The molecule has 0 spiro atoms. The van der Waals surface area contributed by atoms with Gasteiger partial charge in [-0.2, -0.15) is 0 Å². The Kier molecular flexibility index (Phi) is 3.54. The number of carbonyl (C=O) groups excluding carboxylic acids is 1. The molecule has 4 nitrogen and oxygen atoms in total. The van der Waals surface area contributed by atoms with Gasteiger partial charge < -0.3 is 15.1 Å². The van der Waals surface area contributed by atoms with E-state index in [4.69, 9.17) is 5.11 Å². The van der Waals surface area contributed by atoms with E-state index in [1.54, 1.807) is 17.0 Å². The molecule has 0 radical (unpaired) electrons. The number of aliphatic hydroxyl groups is 1. The van der Waals surface area contributed by atoms with Crippen molar-refractivity contribution in [1.82, 2.24) is 4.90 Å². The predicted octanol–water partition coefficient (Wildman–Crippen LogP) is 1.86. The van der Waals surface area contributed by atoms with Crippen LogP contribution in [-0.4, -0.2) is 34.2 Å². The van der Waals surface area contributed by atoms with Crippen LogP contribution in [0.25, 0.3) is 0 Å². The van der Waals surface area contributed by atoms with Crippen LogP contribution in [-0.2, 0) is 11.2 Å². The first-order chi connectivity index (χ1) is 8.84. The molecule has 1 aliphatic heterocycles. The van der Waals surface area contributed by atoms with Gasteiger partial charge in [-0.3, -0.25) is 4.79 Å². The van der Waals surface area contributed by atoms with Gasteiger partial charge in [0.1, 0.15) is 12.4 Å². The van der Waals surface area contributed by atoms with Crippen LogP contribution >= 0.6 is 0 Å². The summed E-state index contributed by atoms with van der Waals surface area (Å²) in [7, 11) is 0. The van der Waals surface area contributed by atoms with Gasteiger partial charge in [0.2, 0.25) is 5.91 Å². The van der Waals surface area contributed by atoms with Crippen molar-refractivity contribution in [3.8, 4) is 5.75 Å². The monoisotopic (exact) mass is 263 g/mol. The Labute approximate surface area is 113 Å². The molecule has 1 unspecified atom stereocenters. The lowest BCUT2D eigenvalue weighted by Gasteiger charge is -2.44. The summed E-state index contributed by atoms with van der Waals surface area (Å²) in [5, 5.41) is 18.7. The molecule has 19 heavy (non-hydrogen) atoms.